The largest absolute Gasteiger partial charge is 0.467 e. The number of amides is 2. The van der Waals surface area contributed by atoms with Gasteiger partial charge in [0.05, 0.1) is 42.5 Å². The number of hydrogen-bond acceptors (Lipinski definition) is 8. The first kappa shape index (κ1) is 22.7. The molecule has 1 aliphatic rings. The zero-order valence-electron chi connectivity index (χ0n) is 18.3. The fraction of sp³-hybridized carbons (Fsp3) is 0.208. The van der Waals surface area contributed by atoms with Crippen molar-refractivity contribution in [3.05, 3.63) is 89.4 Å². The summed E-state index contributed by atoms with van der Waals surface area (Å²) in [5.41, 5.74) is 1.04. The summed E-state index contributed by atoms with van der Waals surface area (Å²) in [5, 5.41) is 8.32. The van der Waals surface area contributed by atoms with Crippen molar-refractivity contribution < 1.29 is 32.7 Å². The van der Waals surface area contributed by atoms with E-state index in [9.17, 15) is 14.4 Å². The average molecular weight is 465 g/mol. The quantitative estimate of drug-likeness (QED) is 0.409. The third-order valence-electron chi connectivity index (χ3n) is 5.00. The van der Waals surface area contributed by atoms with Crippen LogP contribution >= 0.6 is 0 Å². The molecule has 3 aromatic rings. The van der Waals surface area contributed by atoms with Crippen LogP contribution in [0.4, 0.5) is 10.5 Å². The highest BCUT2D eigenvalue weighted by Gasteiger charge is 2.35. The molecule has 1 aliphatic heterocycles. The van der Waals surface area contributed by atoms with E-state index in [0.717, 1.165) is 0 Å². The van der Waals surface area contributed by atoms with Crippen molar-refractivity contribution in [2.45, 2.75) is 19.5 Å². The molecule has 2 aromatic heterocycles. The Hall–Kier alpha value is -4.47. The summed E-state index contributed by atoms with van der Waals surface area (Å²) in [4.78, 5) is 37.9. The summed E-state index contributed by atoms with van der Waals surface area (Å²) in [6, 6.07) is 12.2. The Morgan fingerprint density at radius 1 is 1.00 bits per heavy atom. The van der Waals surface area contributed by atoms with Gasteiger partial charge in [0.1, 0.15) is 24.2 Å². The smallest absolute Gasteiger partial charge is 0.340 e. The second-order valence-corrected chi connectivity index (χ2v) is 7.21. The van der Waals surface area contributed by atoms with Crippen molar-refractivity contribution in [1.29, 1.82) is 0 Å². The second-order valence-electron chi connectivity index (χ2n) is 7.21. The summed E-state index contributed by atoms with van der Waals surface area (Å²) < 4.78 is 21.3. The molecule has 3 N–H and O–H groups in total. The van der Waals surface area contributed by atoms with Gasteiger partial charge in [0.15, 0.2) is 0 Å². The van der Waals surface area contributed by atoms with Crippen molar-refractivity contribution in [1.82, 2.24) is 10.6 Å². The Balaban J connectivity index is 1.54. The fourth-order valence-corrected chi connectivity index (χ4v) is 3.48. The third kappa shape index (κ3) is 5.12. The number of rotatable bonds is 9. The third-order valence-corrected chi connectivity index (χ3v) is 5.00. The summed E-state index contributed by atoms with van der Waals surface area (Å²) in [6.07, 6.45) is 2.99. The lowest BCUT2D eigenvalue weighted by Gasteiger charge is -2.27. The molecule has 0 radical (unpaired) electrons. The molecular weight excluding hydrogens is 442 g/mol. The number of anilines is 1. The van der Waals surface area contributed by atoms with Crippen molar-refractivity contribution in [3.63, 3.8) is 0 Å². The molecule has 0 bridgehead atoms. The highest BCUT2D eigenvalue weighted by Crippen LogP contribution is 2.28. The van der Waals surface area contributed by atoms with Crippen LogP contribution in [0, 0.1) is 0 Å². The zero-order chi connectivity index (χ0) is 23.9. The first-order chi connectivity index (χ1) is 16.6. The van der Waals surface area contributed by atoms with Crippen molar-refractivity contribution >= 4 is 23.7 Å². The molecule has 0 saturated carbocycles. The summed E-state index contributed by atoms with van der Waals surface area (Å²) in [6.45, 7) is 1.82. The topological polar surface area (TPSA) is 132 Å². The van der Waals surface area contributed by atoms with Gasteiger partial charge in [-0.15, -0.1) is 0 Å². The Morgan fingerprint density at radius 3 is 2.53 bits per heavy atom. The molecule has 0 fully saturated rings. The van der Waals surface area contributed by atoms with Crippen LogP contribution in [-0.2, 0) is 20.8 Å². The van der Waals surface area contributed by atoms with Crippen molar-refractivity contribution in [2.75, 3.05) is 18.5 Å². The minimum Gasteiger partial charge on any atom is -0.467 e. The van der Waals surface area contributed by atoms with Gasteiger partial charge in [0.25, 0.3) is 0 Å². The second kappa shape index (κ2) is 10.4. The van der Waals surface area contributed by atoms with Crippen LogP contribution in [0.5, 0.6) is 0 Å². The van der Waals surface area contributed by atoms with E-state index in [4.69, 9.17) is 18.3 Å². The normalized spacial score (nSPS) is 15.3. The van der Waals surface area contributed by atoms with E-state index in [2.05, 4.69) is 16.0 Å². The van der Waals surface area contributed by atoms with Gasteiger partial charge in [-0.3, -0.25) is 0 Å². The van der Waals surface area contributed by atoms with E-state index < -0.39 is 24.0 Å². The molecule has 0 spiro atoms. The molecule has 10 nitrogen and oxygen atoms in total. The Bertz CT molecular complexity index is 1180. The maximum atomic E-state index is 12.9. The first-order valence-corrected chi connectivity index (χ1v) is 10.6. The first-order valence-electron chi connectivity index (χ1n) is 10.6. The number of ether oxygens (including phenoxy) is 2. The summed E-state index contributed by atoms with van der Waals surface area (Å²) >= 11 is 0. The number of hydrogen-bond donors (Lipinski definition) is 3. The molecule has 0 aliphatic carbocycles. The summed E-state index contributed by atoms with van der Waals surface area (Å²) in [7, 11) is 0. The molecule has 1 atom stereocenters. The van der Waals surface area contributed by atoms with E-state index in [1.165, 1.54) is 6.26 Å². The van der Waals surface area contributed by atoms with Gasteiger partial charge in [-0.2, -0.15) is 0 Å². The number of carbonyl (C=O) groups is 3. The lowest BCUT2D eigenvalue weighted by molar-refractivity contribution is -0.139. The number of furan rings is 2. The molecule has 3 heterocycles. The lowest BCUT2D eigenvalue weighted by atomic mass is 10.0. The standard InChI is InChI=1S/C24H23N3O7/c1-2-31-23(29)20-18(26-24(30)27-21(20)19-10-6-12-33-19)14-34-22(28)16-8-3-4-9-17(16)25-13-15-7-5-11-32-15/h3-12,21,25H,2,13-14H2,1H3,(H2,26,27,30). The predicted molar refractivity (Wildman–Crippen MR) is 120 cm³/mol. The van der Waals surface area contributed by atoms with Gasteiger partial charge in [-0.25, -0.2) is 14.4 Å². The zero-order valence-corrected chi connectivity index (χ0v) is 18.3. The lowest BCUT2D eigenvalue weighted by Crippen LogP contribution is -2.47. The Kier molecular flexibility index (Phi) is 6.97. The molecular formula is C24H23N3O7. The van der Waals surface area contributed by atoms with Gasteiger partial charge < -0.3 is 34.3 Å². The Labute approximate surface area is 194 Å². The van der Waals surface area contributed by atoms with Crippen LogP contribution < -0.4 is 16.0 Å². The maximum absolute atomic E-state index is 12.9. The molecule has 10 heteroatoms. The van der Waals surface area contributed by atoms with Crippen LogP contribution in [0.3, 0.4) is 0 Å². The number of nitrogens with one attached hydrogen (secondary N) is 3. The van der Waals surface area contributed by atoms with E-state index >= 15 is 0 Å². The average Bonchev–Trinajstić information content (AvgIpc) is 3.55. The molecule has 176 valence electrons. The van der Waals surface area contributed by atoms with E-state index in [-0.39, 0.29) is 30.0 Å². The van der Waals surface area contributed by atoms with Crippen LogP contribution in [0.25, 0.3) is 0 Å². The highest BCUT2D eigenvalue weighted by atomic mass is 16.5. The SMILES string of the molecule is CCOC(=O)C1=C(COC(=O)c2ccccc2NCc2ccco2)NC(=O)NC1c1ccco1. The molecule has 2 amide bonds. The van der Waals surface area contributed by atoms with Crippen molar-refractivity contribution in [2.24, 2.45) is 0 Å². The van der Waals surface area contributed by atoms with Gasteiger partial charge in [-0.05, 0) is 43.3 Å². The number of benzene rings is 1. The van der Waals surface area contributed by atoms with Crippen LogP contribution in [-0.4, -0.2) is 31.2 Å². The van der Waals surface area contributed by atoms with E-state index in [1.807, 2.05) is 6.07 Å². The minimum atomic E-state index is -0.890. The van der Waals surface area contributed by atoms with Gasteiger partial charge in [0.2, 0.25) is 0 Å². The van der Waals surface area contributed by atoms with E-state index in [1.54, 1.807) is 55.7 Å². The molecule has 4 rings (SSSR count). The summed E-state index contributed by atoms with van der Waals surface area (Å²) in [5.74, 6) is -0.258. The van der Waals surface area contributed by atoms with Crippen molar-refractivity contribution in [3.8, 4) is 0 Å². The van der Waals surface area contributed by atoms with Gasteiger partial charge >= 0.3 is 18.0 Å². The number of para-hydroxylation sites is 1. The van der Waals surface area contributed by atoms with E-state index in [0.29, 0.717) is 23.8 Å². The molecule has 1 aromatic carbocycles. The predicted octanol–water partition coefficient (Wildman–Crippen LogP) is 3.51. The van der Waals surface area contributed by atoms with Crippen LogP contribution in [0.2, 0.25) is 0 Å². The van der Waals surface area contributed by atoms with Gasteiger partial charge in [-0.1, -0.05) is 12.1 Å². The molecule has 34 heavy (non-hydrogen) atoms. The highest BCUT2D eigenvalue weighted by molar-refractivity contribution is 5.97. The van der Waals surface area contributed by atoms with Gasteiger partial charge in [0, 0.05) is 5.69 Å². The number of carbonyl (C=O) groups excluding carboxylic acids is 3. The Morgan fingerprint density at radius 2 is 1.79 bits per heavy atom. The number of urea groups is 1. The molecule has 1 unspecified atom stereocenters. The molecule has 0 saturated heterocycles. The number of esters is 2. The maximum Gasteiger partial charge on any atom is 0.340 e. The van der Waals surface area contributed by atoms with Crippen LogP contribution in [0.15, 0.2) is 81.2 Å². The van der Waals surface area contributed by atoms with Crippen LogP contribution in [0.1, 0.15) is 34.8 Å². The monoisotopic (exact) mass is 465 g/mol. The fourth-order valence-electron chi connectivity index (χ4n) is 3.48. The minimum absolute atomic E-state index is 0.0911.